The number of hydrogen-bond donors (Lipinski definition) is 1. The van der Waals surface area contributed by atoms with Gasteiger partial charge >= 0.3 is 0 Å². The fourth-order valence-corrected chi connectivity index (χ4v) is 2.88. The smallest absolute Gasteiger partial charge is 0.120 e. The van der Waals surface area contributed by atoms with Crippen LogP contribution in [-0.2, 0) is 0 Å². The van der Waals surface area contributed by atoms with Gasteiger partial charge in [0.25, 0.3) is 0 Å². The van der Waals surface area contributed by atoms with Crippen LogP contribution in [0.5, 0.6) is 5.75 Å². The monoisotopic (exact) mass is 396 g/mol. The van der Waals surface area contributed by atoms with Crippen LogP contribution in [0.25, 0.3) is 0 Å². The van der Waals surface area contributed by atoms with E-state index in [9.17, 15) is 5.11 Å². The van der Waals surface area contributed by atoms with Gasteiger partial charge in [0, 0.05) is 14.5 Å². The number of hydrogen-bond acceptors (Lipinski definition) is 2. The topological polar surface area (TPSA) is 29.5 Å². The highest BCUT2D eigenvalue weighted by molar-refractivity contribution is 9.11. The molecule has 2 aromatic rings. The van der Waals surface area contributed by atoms with Crippen LogP contribution in [0.3, 0.4) is 0 Å². The zero-order valence-corrected chi connectivity index (χ0v) is 13.9. The zero-order chi connectivity index (χ0) is 14.1. The van der Waals surface area contributed by atoms with Gasteiger partial charge in [-0.15, -0.1) is 0 Å². The minimum absolute atomic E-state index is 0.361. The third-order valence-electron chi connectivity index (χ3n) is 3.25. The summed E-state index contributed by atoms with van der Waals surface area (Å²) < 4.78 is 7.61. The molecule has 0 aliphatic heterocycles. The normalized spacial score (nSPS) is 15.9. The Balaban J connectivity index is 1.88. The molecule has 0 bridgehead atoms. The molecule has 2 nitrogen and oxygen atoms in total. The van der Waals surface area contributed by atoms with Crippen LogP contribution in [0.15, 0.2) is 51.4 Å². The lowest BCUT2D eigenvalue weighted by Gasteiger charge is -2.15. The lowest BCUT2D eigenvalue weighted by Crippen LogP contribution is -2.02. The molecule has 0 radical (unpaired) electrons. The van der Waals surface area contributed by atoms with E-state index in [1.54, 1.807) is 0 Å². The first-order chi connectivity index (χ1) is 9.63. The van der Waals surface area contributed by atoms with Crippen molar-refractivity contribution in [3.05, 3.63) is 62.5 Å². The van der Waals surface area contributed by atoms with Gasteiger partial charge in [0.05, 0.1) is 6.10 Å². The van der Waals surface area contributed by atoms with Crippen molar-refractivity contribution in [2.75, 3.05) is 0 Å². The van der Waals surface area contributed by atoms with Crippen molar-refractivity contribution < 1.29 is 9.84 Å². The first-order valence-corrected chi connectivity index (χ1v) is 8.12. The Bertz CT molecular complexity index is 624. The standard InChI is InChI=1S/C16H14Br2O2/c17-11-4-7-15(18)14(9-11)16(19)10-2-1-3-13(8-10)20-12-5-6-12/h1-4,7-9,12,16,19H,5-6H2. The van der Waals surface area contributed by atoms with E-state index in [0.717, 1.165) is 38.7 Å². The van der Waals surface area contributed by atoms with Gasteiger partial charge in [-0.1, -0.05) is 44.0 Å². The number of aliphatic hydroxyl groups is 1. The van der Waals surface area contributed by atoms with Crippen LogP contribution in [0, 0.1) is 0 Å². The van der Waals surface area contributed by atoms with Crippen molar-refractivity contribution in [3.8, 4) is 5.75 Å². The molecule has 0 saturated heterocycles. The Hall–Kier alpha value is -0.840. The van der Waals surface area contributed by atoms with Crippen molar-refractivity contribution in [2.45, 2.75) is 25.0 Å². The summed E-state index contributed by atoms with van der Waals surface area (Å²) in [5, 5.41) is 10.6. The Morgan fingerprint density at radius 3 is 2.65 bits per heavy atom. The fraction of sp³-hybridized carbons (Fsp3) is 0.250. The second kappa shape index (κ2) is 5.88. The van der Waals surface area contributed by atoms with Gasteiger partial charge in [-0.25, -0.2) is 0 Å². The van der Waals surface area contributed by atoms with E-state index in [-0.39, 0.29) is 0 Å². The van der Waals surface area contributed by atoms with Crippen LogP contribution in [0.4, 0.5) is 0 Å². The molecule has 20 heavy (non-hydrogen) atoms. The molecule has 1 aliphatic carbocycles. The SMILES string of the molecule is OC(c1cccc(OC2CC2)c1)c1cc(Br)ccc1Br. The average Bonchev–Trinajstić information content (AvgIpc) is 3.25. The van der Waals surface area contributed by atoms with Gasteiger partial charge in [0.2, 0.25) is 0 Å². The Labute approximate surface area is 135 Å². The van der Waals surface area contributed by atoms with Crippen molar-refractivity contribution in [3.63, 3.8) is 0 Å². The molecule has 1 aliphatic rings. The highest BCUT2D eigenvalue weighted by Gasteiger charge is 2.24. The summed E-state index contributed by atoms with van der Waals surface area (Å²) in [6, 6.07) is 13.5. The highest BCUT2D eigenvalue weighted by atomic mass is 79.9. The molecule has 1 fully saturated rings. The Morgan fingerprint density at radius 1 is 1.10 bits per heavy atom. The molecule has 3 rings (SSSR count). The van der Waals surface area contributed by atoms with Crippen LogP contribution >= 0.6 is 31.9 Å². The van der Waals surface area contributed by atoms with Crippen molar-refractivity contribution in [1.29, 1.82) is 0 Å². The minimum Gasteiger partial charge on any atom is -0.490 e. The summed E-state index contributed by atoms with van der Waals surface area (Å²) in [6.07, 6.45) is 1.94. The fourth-order valence-electron chi connectivity index (χ4n) is 2.04. The van der Waals surface area contributed by atoms with Gasteiger partial charge in [0.1, 0.15) is 11.9 Å². The van der Waals surface area contributed by atoms with Crippen molar-refractivity contribution in [1.82, 2.24) is 0 Å². The zero-order valence-electron chi connectivity index (χ0n) is 10.7. The first-order valence-electron chi connectivity index (χ1n) is 6.53. The molecule has 104 valence electrons. The summed E-state index contributed by atoms with van der Waals surface area (Å²) in [5.74, 6) is 0.829. The molecule has 1 N–H and O–H groups in total. The maximum absolute atomic E-state index is 10.6. The molecule has 1 unspecified atom stereocenters. The summed E-state index contributed by atoms with van der Waals surface area (Å²) in [7, 11) is 0. The van der Waals surface area contributed by atoms with E-state index >= 15 is 0 Å². The second-order valence-electron chi connectivity index (χ2n) is 4.96. The highest BCUT2D eigenvalue weighted by Crippen LogP contribution is 2.33. The number of ether oxygens (including phenoxy) is 1. The quantitative estimate of drug-likeness (QED) is 0.800. The summed E-state index contributed by atoms with van der Waals surface area (Å²) in [5.41, 5.74) is 1.67. The van der Waals surface area contributed by atoms with E-state index in [4.69, 9.17) is 4.74 Å². The molecule has 4 heteroatoms. The predicted molar refractivity (Wildman–Crippen MR) is 86.0 cm³/mol. The molecule has 0 amide bonds. The summed E-state index contributed by atoms with van der Waals surface area (Å²) in [4.78, 5) is 0. The van der Waals surface area contributed by atoms with E-state index in [1.165, 1.54) is 0 Å². The van der Waals surface area contributed by atoms with E-state index < -0.39 is 6.10 Å². The number of benzene rings is 2. The van der Waals surface area contributed by atoms with Crippen LogP contribution in [-0.4, -0.2) is 11.2 Å². The average molecular weight is 398 g/mol. The van der Waals surface area contributed by atoms with Gasteiger partial charge in [0.15, 0.2) is 0 Å². The van der Waals surface area contributed by atoms with Crippen molar-refractivity contribution in [2.24, 2.45) is 0 Å². The lowest BCUT2D eigenvalue weighted by molar-refractivity contribution is 0.218. The third-order valence-corrected chi connectivity index (χ3v) is 4.47. The van der Waals surface area contributed by atoms with E-state index in [0.29, 0.717) is 6.10 Å². The molecule has 0 aromatic heterocycles. The van der Waals surface area contributed by atoms with Crippen molar-refractivity contribution >= 4 is 31.9 Å². The third kappa shape index (κ3) is 3.25. The van der Waals surface area contributed by atoms with Crippen LogP contribution in [0.1, 0.15) is 30.1 Å². The maximum Gasteiger partial charge on any atom is 0.120 e. The maximum atomic E-state index is 10.6. The Morgan fingerprint density at radius 2 is 1.90 bits per heavy atom. The molecule has 1 saturated carbocycles. The van der Waals surface area contributed by atoms with Gasteiger partial charge in [-0.3, -0.25) is 0 Å². The van der Waals surface area contributed by atoms with Gasteiger partial charge in [-0.2, -0.15) is 0 Å². The first kappa shape index (κ1) is 14.1. The molecule has 0 spiro atoms. The second-order valence-corrected chi connectivity index (χ2v) is 6.73. The van der Waals surface area contributed by atoms with E-state index in [2.05, 4.69) is 31.9 Å². The van der Waals surface area contributed by atoms with Crippen LogP contribution in [0.2, 0.25) is 0 Å². The molecule has 2 aromatic carbocycles. The largest absolute Gasteiger partial charge is 0.490 e. The van der Waals surface area contributed by atoms with Gasteiger partial charge in [-0.05, 0) is 48.7 Å². The van der Waals surface area contributed by atoms with Gasteiger partial charge < -0.3 is 9.84 Å². The van der Waals surface area contributed by atoms with Crippen LogP contribution < -0.4 is 4.74 Å². The minimum atomic E-state index is -0.676. The summed E-state index contributed by atoms with van der Waals surface area (Å²) in [6.45, 7) is 0. The molecule has 0 heterocycles. The lowest BCUT2D eigenvalue weighted by atomic mass is 10.0. The molecular formula is C16H14Br2O2. The number of halogens is 2. The molecule has 1 atom stereocenters. The summed E-state index contributed by atoms with van der Waals surface area (Å²) >= 11 is 6.92. The molecular weight excluding hydrogens is 384 g/mol. The number of aliphatic hydroxyl groups excluding tert-OH is 1. The van der Waals surface area contributed by atoms with E-state index in [1.807, 2.05) is 42.5 Å². The number of rotatable bonds is 4. The Kier molecular flexibility index (Phi) is 4.15. The predicted octanol–water partition coefficient (Wildman–Crippen LogP) is 4.83.